The van der Waals surface area contributed by atoms with Gasteiger partial charge in [-0.25, -0.2) is 4.98 Å². The zero-order chi connectivity index (χ0) is 28.9. The van der Waals surface area contributed by atoms with Gasteiger partial charge in [0.25, 0.3) is 11.2 Å². The van der Waals surface area contributed by atoms with Crippen molar-refractivity contribution in [3.05, 3.63) is 101 Å². The number of nitrogens with zero attached hydrogens (tertiary/aromatic N) is 4. The Morgan fingerprint density at radius 1 is 1.07 bits per heavy atom. The fourth-order valence-corrected chi connectivity index (χ4v) is 5.90. The average molecular weight is 684 g/mol. The predicted octanol–water partition coefficient (Wildman–Crippen LogP) is 7.74. The normalized spacial score (nSPS) is 14.0. The molecule has 9 nitrogen and oxygen atoms in total. The first-order chi connectivity index (χ1) is 19.9. The first kappa shape index (κ1) is 28.9. The molecule has 1 aromatic heterocycles. The van der Waals surface area contributed by atoms with Crippen LogP contribution in [0.3, 0.4) is 0 Å². The highest BCUT2D eigenvalue weighted by atomic mass is 79.9. The largest absolute Gasteiger partial charge is 0.490 e. The third kappa shape index (κ3) is 6.36. The third-order valence-electron chi connectivity index (χ3n) is 7.05. The van der Waals surface area contributed by atoms with E-state index in [1.807, 2.05) is 25.1 Å². The Morgan fingerprint density at radius 2 is 1.80 bits per heavy atom. The number of aromatic nitrogens is 2. The van der Waals surface area contributed by atoms with E-state index >= 15 is 0 Å². The molecule has 3 aromatic carbocycles. The summed E-state index contributed by atoms with van der Waals surface area (Å²) in [7, 11) is 0. The maximum atomic E-state index is 13.6. The lowest BCUT2D eigenvalue weighted by Gasteiger charge is -2.22. The molecule has 0 atom stereocenters. The van der Waals surface area contributed by atoms with E-state index in [0.29, 0.717) is 49.3 Å². The summed E-state index contributed by atoms with van der Waals surface area (Å²) >= 11 is 7.27. The van der Waals surface area contributed by atoms with E-state index < -0.39 is 4.92 Å². The summed E-state index contributed by atoms with van der Waals surface area (Å²) in [5, 5.41) is 16.1. The number of nitro benzene ring substituents is 1. The van der Waals surface area contributed by atoms with Crippen molar-refractivity contribution in [2.75, 3.05) is 6.61 Å². The Morgan fingerprint density at radius 3 is 2.51 bits per heavy atom. The fourth-order valence-electron chi connectivity index (χ4n) is 4.96. The molecule has 212 valence electrons. The Balaban J connectivity index is 1.50. The number of non-ortho nitro benzene ring substituents is 1. The highest BCUT2D eigenvalue weighted by molar-refractivity contribution is 9.13. The van der Waals surface area contributed by atoms with Gasteiger partial charge in [0.1, 0.15) is 12.4 Å². The van der Waals surface area contributed by atoms with E-state index in [9.17, 15) is 14.9 Å². The van der Waals surface area contributed by atoms with E-state index in [-0.39, 0.29) is 23.8 Å². The molecule has 0 saturated heterocycles. The minimum atomic E-state index is -0.438. The number of para-hydroxylation sites is 1. The molecular weight excluding hydrogens is 656 g/mol. The smallest absolute Gasteiger partial charge is 0.282 e. The second kappa shape index (κ2) is 12.9. The Kier molecular flexibility index (Phi) is 9.14. The Labute approximate surface area is 253 Å². The van der Waals surface area contributed by atoms with Gasteiger partial charge in [-0.05, 0) is 87.5 Å². The number of nitro groups is 1. The van der Waals surface area contributed by atoms with Crippen LogP contribution in [0.1, 0.15) is 61.9 Å². The van der Waals surface area contributed by atoms with Gasteiger partial charge in [0.2, 0.25) is 0 Å². The van der Waals surface area contributed by atoms with Gasteiger partial charge in [-0.2, -0.15) is 9.78 Å². The molecule has 41 heavy (non-hydrogen) atoms. The molecule has 0 aliphatic heterocycles. The van der Waals surface area contributed by atoms with Gasteiger partial charge < -0.3 is 9.47 Å². The van der Waals surface area contributed by atoms with Gasteiger partial charge in [-0.1, -0.05) is 31.4 Å². The molecule has 1 aliphatic rings. The van der Waals surface area contributed by atoms with Gasteiger partial charge in [-0.15, -0.1) is 0 Å². The van der Waals surface area contributed by atoms with Crippen molar-refractivity contribution in [2.45, 2.75) is 51.6 Å². The van der Waals surface area contributed by atoms with Crippen LogP contribution in [0.5, 0.6) is 11.5 Å². The van der Waals surface area contributed by atoms with Crippen LogP contribution < -0.4 is 15.0 Å². The van der Waals surface area contributed by atoms with Gasteiger partial charge in [0, 0.05) is 28.1 Å². The van der Waals surface area contributed by atoms with Crippen LogP contribution in [-0.4, -0.2) is 27.4 Å². The minimum Gasteiger partial charge on any atom is -0.490 e. The average Bonchev–Trinajstić information content (AvgIpc) is 2.99. The minimum absolute atomic E-state index is 0.0173. The Bertz CT molecular complexity index is 1660. The molecule has 1 saturated carbocycles. The van der Waals surface area contributed by atoms with Crippen molar-refractivity contribution in [2.24, 2.45) is 5.10 Å². The zero-order valence-electron chi connectivity index (χ0n) is 22.4. The van der Waals surface area contributed by atoms with Gasteiger partial charge in [-0.3, -0.25) is 14.9 Å². The molecule has 0 radical (unpaired) electrons. The van der Waals surface area contributed by atoms with Crippen LogP contribution >= 0.6 is 31.9 Å². The number of fused-ring (bicyclic) bond motifs is 1. The summed E-state index contributed by atoms with van der Waals surface area (Å²) in [5.74, 6) is 1.82. The summed E-state index contributed by atoms with van der Waals surface area (Å²) in [4.78, 5) is 29.0. The monoisotopic (exact) mass is 682 g/mol. The predicted molar refractivity (Wildman–Crippen MR) is 165 cm³/mol. The molecule has 0 unspecified atom stereocenters. The molecule has 1 aliphatic carbocycles. The molecule has 0 amide bonds. The first-order valence-electron chi connectivity index (χ1n) is 13.4. The summed E-state index contributed by atoms with van der Waals surface area (Å²) in [5.41, 5.74) is 1.95. The second-order valence-corrected chi connectivity index (χ2v) is 11.3. The van der Waals surface area contributed by atoms with Gasteiger partial charge >= 0.3 is 0 Å². The van der Waals surface area contributed by atoms with E-state index in [1.165, 1.54) is 23.2 Å². The molecule has 1 heterocycles. The third-order valence-corrected chi connectivity index (χ3v) is 9.19. The van der Waals surface area contributed by atoms with Crippen LogP contribution in [-0.2, 0) is 6.61 Å². The number of ether oxygens (including phenoxy) is 2. The SMILES string of the molecule is CCOc1cc(C=Nn2c(C3CCCCC3)nc3ccccc3c2=O)c(Br)c(Br)c1OCc1ccc([N+](=O)[O-])cc1. The topological polar surface area (TPSA) is 109 Å². The molecule has 0 bridgehead atoms. The van der Waals surface area contributed by atoms with Gasteiger partial charge in [0.15, 0.2) is 11.5 Å². The molecule has 1 fully saturated rings. The standard InChI is InChI=1S/C30H28Br2N4O5/c1-2-40-25-16-21(26(31)27(32)28(25)41-18-19-12-14-22(15-13-19)36(38)39)17-33-35-29(20-8-4-3-5-9-20)34-24-11-7-6-10-23(24)30(35)37/h6-7,10-17,20H,2-5,8-9,18H2,1H3. The van der Waals surface area contributed by atoms with Crippen molar-refractivity contribution in [3.63, 3.8) is 0 Å². The highest BCUT2D eigenvalue weighted by Crippen LogP contribution is 2.43. The number of rotatable bonds is 9. The van der Waals surface area contributed by atoms with E-state index in [0.717, 1.165) is 31.2 Å². The number of benzene rings is 3. The molecular formula is C30H28Br2N4O5. The van der Waals surface area contributed by atoms with Crippen molar-refractivity contribution < 1.29 is 14.4 Å². The van der Waals surface area contributed by atoms with Crippen molar-refractivity contribution in [1.82, 2.24) is 9.66 Å². The quantitative estimate of drug-likeness (QED) is 0.101. The summed E-state index contributed by atoms with van der Waals surface area (Å²) in [6.45, 7) is 2.46. The summed E-state index contributed by atoms with van der Waals surface area (Å²) in [6, 6.07) is 15.4. The maximum Gasteiger partial charge on any atom is 0.282 e. The summed E-state index contributed by atoms with van der Waals surface area (Å²) in [6.07, 6.45) is 6.98. The van der Waals surface area contributed by atoms with Crippen LogP contribution in [0, 0.1) is 10.1 Å². The molecule has 0 N–H and O–H groups in total. The van der Waals surface area contributed by atoms with Crippen molar-refractivity contribution in [3.8, 4) is 11.5 Å². The van der Waals surface area contributed by atoms with Gasteiger partial charge in [0.05, 0.1) is 33.1 Å². The van der Waals surface area contributed by atoms with E-state index in [4.69, 9.17) is 14.5 Å². The molecule has 4 aromatic rings. The lowest BCUT2D eigenvalue weighted by molar-refractivity contribution is -0.384. The molecule has 11 heteroatoms. The molecule has 5 rings (SSSR count). The molecule has 0 spiro atoms. The van der Waals surface area contributed by atoms with Crippen molar-refractivity contribution >= 4 is 54.7 Å². The number of halogens is 2. The lowest BCUT2D eigenvalue weighted by atomic mass is 9.88. The number of hydrogen-bond acceptors (Lipinski definition) is 7. The van der Waals surface area contributed by atoms with E-state index in [2.05, 4.69) is 37.0 Å². The van der Waals surface area contributed by atoms with Crippen LogP contribution in [0.15, 0.2) is 73.4 Å². The van der Waals surface area contributed by atoms with E-state index in [1.54, 1.807) is 30.5 Å². The number of hydrogen-bond donors (Lipinski definition) is 0. The fraction of sp³-hybridized carbons (Fsp3) is 0.300. The van der Waals surface area contributed by atoms with Crippen LogP contribution in [0.4, 0.5) is 5.69 Å². The van der Waals surface area contributed by atoms with Crippen LogP contribution in [0.2, 0.25) is 0 Å². The second-order valence-electron chi connectivity index (χ2n) is 9.75. The zero-order valence-corrected chi connectivity index (χ0v) is 25.6. The summed E-state index contributed by atoms with van der Waals surface area (Å²) < 4.78 is 14.7. The van der Waals surface area contributed by atoms with Crippen LogP contribution in [0.25, 0.3) is 10.9 Å². The highest BCUT2D eigenvalue weighted by Gasteiger charge is 2.23. The first-order valence-corrected chi connectivity index (χ1v) is 15.0. The van der Waals surface area contributed by atoms with Crippen molar-refractivity contribution in [1.29, 1.82) is 0 Å². The maximum absolute atomic E-state index is 13.6. The Hall–Kier alpha value is -3.57. The lowest BCUT2D eigenvalue weighted by Crippen LogP contribution is -2.25.